The smallest absolute Gasteiger partial charge is 0.366 e. The van der Waals surface area contributed by atoms with Crippen molar-refractivity contribution >= 4 is 21.8 Å². The number of hydrogen-bond acceptors (Lipinski definition) is 3. The fourth-order valence-electron chi connectivity index (χ4n) is 1.61. The first-order valence-corrected chi connectivity index (χ1v) is 7.02. The van der Waals surface area contributed by atoms with E-state index in [1.807, 2.05) is 31.2 Å². The minimum atomic E-state index is -3.74. The fraction of sp³-hybridized carbons (Fsp3) is 0.333. The van der Waals surface area contributed by atoms with Gasteiger partial charge in [-0.05, 0) is 19.4 Å². The van der Waals surface area contributed by atoms with Crippen LogP contribution in [-0.4, -0.2) is 26.6 Å². The fourth-order valence-corrected chi connectivity index (χ4v) is 2.44. The van der Waals surface area contributed by atoms with Crippen molar-refractivity contribution in [2.24, 2.45) is 8.80 Å². The quantitative estimate of drug-likeness (QED) is 0.835. The monoisotopic (exact) mass is 266 g/mol. The zero-order valence-electron chi connectivity index (χ0n) is 10.3. The van der Waals surface area contributed by atoms with Crippen LogP contribution in [0.25, 0.3) is 0 Å². The van der Waals surface area contributed by atoms with Gasteiger partial charge in [-0.1, -0.05) is 29.8 Å². The van der Waals surface area contributed by atoms with Gasteiger partial charge in [0, 0.05) is 6.42 Å². The van der Waals surface area contributed by atoms with E-state index in [0.29, 0.717) is 18.7 Å². The molecular formula is C12H14N2O3S. The van der Waals surface area contributed by atoms with Gasteiger partial charge >= 0.3 is 10.2 Å². The van der Waals surface area contributed by atoms with E-state index in [9.17, 15) is 8.42 Å². The van der Waals surface area contributed by atoms with Crippen molar-refractivity contribution in [1.82, 2.24) is 0 Å². The van der Waals surface area contributed by atoms with Crippen molar-refractivity contribution in [2.45, 2.75) is 20.3 Å². The van der Waals surface area contributed by atoms with E-state index in [2.05, 4.69) is 8.80 Å². The molecule has 0 saturated heterocycles. The van der Waals surface area contributed by atoms with Crippen LogP contribution in [0, 0.1) is 6.92 Å². The largest absolute Gasteiger partial charge is 0.476 e. The third-order valence-electron chi connectivity index (χ3n) is 2.44. The molecule has 1 aliphatic heterocycles. The molecule has 18 heavy (non-hydrogen) atoms. The lowest BCUT2D eigenvalue weighted by Gasteiger charge is -2.05. The molecule has 0 amide bonds. The summed E-state index contributed by atoms with van der Waals surface area (Å²) in [4.78, 5) is 0. The number of ether oxygens (including phenoxy) is 1. The Labute approximate surface area is 106 Å². The number of nitrogens with zero attached hydrogens (tertiary/aromatic N) is 2. The highest BCUT2D eigenvalue weighted by Crippen LogP contribution is 2.13. The molecule has 0 spiro atoms. The summed E-state index contributed by atoms with van der Waals surface area (Å²) in [5, 5.41) is 0. The van der Waals surface area contributed by atoms with Gasteiger partial charge in [0.1, 0.15) is 5.71 Å². The summed E-state index contributed by atoms with van der Waals surface area (Å²) in [6.07, 6.45) is 0.401. The lowest BCUT2D eigenvalue weighted by atomic mass is 10.1. The SMILES string of the molecule is CCOC1=NS(=O)(=O)N=C1Cc1ccc(C)cc1. The van der Waals surface area contributed by atoms with E-state index < -0.39 is 10.2 Å². The molecule has 2 rings (SSSR count). The maximum Gasteiger partial charge on any atom is 0.366 e. The number of rotatable bonds is 3. The molecule has 1 aromatic carbocycles. The standard InChI is InChI=1S/C12H14N2O3S/c1-3-17-12-11(13-18(15,16)14-12)8-10-6-4-9(2)5-7-10/h4-7H,3,8H2,1-2H3. The molecule has 6 heteroatoms. The molecule has 96 valence electrons. The second kappa shape index (κ2) is 4.89. The van der Waals surface area contributed by atoms with Crippen LogP contribution < -0.4 is 0 Å². The third kappa shape index (κ3) is 2.95. The lowest BCUT2D eigenvalue weighted by Crippen LogP contribution is -2.17. The highest BCUT2D eigenvalue weighted by Gasteiger charge is 2.25. The molecule has 0 N–H and O–H groups in total. The van der Waals surface area contributed by atoms with Gasteiger partial charge in [-0.25, -0.2) is 0 Å². The van der Waals surface area contributed by atoms with Gasteiger partial charge in [0.25, 0.3) is 0 Å². The Hall–Kier alpha value is -1.69. The summed E-state index contributed by atoms with van der Waals surface area (Å²) in [6, 6.07) is 7.81. The summed E-state index contributed by atoms with van der Waals surface area (Å²) < 4.78 is 34.9. The zero-order chi connectivity index (χ0) is 13.2. The second-order valence-electron chi connectivity index (χ2n) is 3.98. The van der Waals surface area contributed by atoms with Gasteiger partial charge in [-0.3, -0.25) is 0 Å². The molecule has 0 fully saturated rings. The Morgan fingerprint density at radius 3 is 2.44 bits per heavy atom. The summed E-state index contributed by atoms with van der Waals surface area (Å²) in [5.41, 5.74) is 2.49. The Morgan fingerprint density at radius 2 is 1.83 bits per heavy atom. The molecule has 5 nitrogen and oxygen atoms in total. The van der Waals surface area contributed by atoms with Crippen LogP contribution in [0.15, 0.2) is 33.1 Å². The van der Waals surface area contributed by atoms with Gasteiger partial charge in [0.05, 0.1) is 6.61 Å². The molecular weight excluding hydrogens is 252 g/mol. The average Bonchev–Trinajstić information content (AvgIpc) is 2.57. The van der Waals surface area contributed by atoms with Crippen LogP contribution >= 0.6 is 0 Å². The highest BCUT2D eigenvalue weighted by atomic mass is 32.2. The highest BCUT2D eigenvalue weighted by molar-refractivity contribution is 7.89. The first-order chi connectivity index (χ1) is 8.50. The maximum atomic E-state index is 11.3. The van der Waals surface area contributed by atoms with Gasteiger partial charge in [-0.2, -0.15) is 8.42 Å². The van der Waals surface area contributed by atoms with E-state index in [1.54, 1.807) is 6.92 Å². The van der Waals surface area contributed by atoms with Crippen LogP contribution in [0.3, 0.4) is 0 Å². The normalized spacial score (nSPS) is 17.2. The van der Waals surface area contributed by atoms with E-state index in [-0.39, 0.29) is 5.90 Å². The Morgan fingerprint density at radius 1 is 1.17 bits per heavy atom. The molecule has 0 atom stereocenters. The van der Waals surface area contributed by atoms with Crippen molar-refractivity contribution in [3.8, 4) is 0 Å². The molecule has 1 aromatic rings. The first-order valence-electron chi connectivity index (χ1n) is 5.62. The predicted molar refractivity (Wildman–Crippen MR) is 70.3 cm³/mol. The number of hydrogen-bond donors (Lipinski definition) is 0. The van der Waals surface area contributed by atoms with Gasteiger partial charge < -0.3 is 4.74 Å². The van der Waals surface area contributed by atoms with Crippen molar-refractivity contribution in [1.29, 1.82) is 0 Å². The summed E-state index contributed by atoms with van der Waals surface area (Å²) in [7, 11) is -3.74. The topological polar surface area (TPSA) is 68.1 Å². The lowest BCUT2D eigenvalue weighted by molar-refractivity contribution is 0.334. The molecule has 0 bridgehead atoms. The Balaban J connectivity index is 2.23. The Bertz CT molecular complexity index is 601. The average molecular weight is 266 g/mol. The van der Waals surface area contributed by atoms with Crippen LogP contribution in [-0.2, 0) is 21.4 Å². The van der Waals surface area contributed by atoms with Crippen LogP contribution in [0.5, 0.6) is 0 Å². The minimum absolute atomic E-state index is 0.109. The van der Waals surface area contributed by atoms with Crippen molar-refractivity contribution in [2.75, 3.05) is 6.61 Å². The van der Waals surface area contributed by atoms with E-state index in [0.717, 1.165) is 11.1 Å². The summed E-state index contributed by atoms with van der Waals surface area (Å²) in [5.74, 6) is 0.109. The molecule has 0 saturated carbocycles. The first kappa shape index (κ1) is 12.8. The maximum absolute atomic E-state index is 11.3. The van der Waals surface area contributed by atoms with Gasteiger partial charge in [0.15, 0.2) is 0 Å². The van der Waals surface area contributed by atoms with E-state index in [1.165, 1.54) is 0 Å². The molecule has 0 unspecified atom stereocenters. The molecule has 0 aromatic heterocycles. The zero-order valence-corrected chi connectivity index (χ0v) is 11.1. The van der Waals surface area contributed by atoms with Crippen molar-refractivity contribution in [3.05, 3.63) is 35.4 Å². The second-order valence-corrected chi connectivity index (χ2v) is 5.24. The molecule has 0 aliphatic carbocycles. The van der Waals surface area contributed by atoms with E-state index in [4.69, 9.17) is 4.74 Å². The van der Waals surface area contributed by atoms with Gasteiger partial charge in [-0.15, -0.1) is 8.80 Å². The van der Waals surface area contributed by atoms with Gasteiger partial charge in [0.2, 0.25) is 5.90 Å². The number of aryl methyl sites for hydroxylation is 1. The predicted octanol–water partition coefficient (Wildman–Crippen LogP) is 1.67. The van der Waals surface area contributed by atoms with Crippen LogP contribution in [0.4, 0.5) is 0 Å². The molecule has 1 heterocycles. The third-order valence-corrected chi connectivity index (χ3v) is 3.29. The summed E-state index contributed by atoms with van der Waals surface area (Å²) >= 11 is 0. The van der Waals surface area contributed by atoms with Crippen molar-refractivity contribution < 1.29 is 13.2 Å². The van der Waals surface area contributed by atoms with Crippen LogP contribution in [0.2, 0.25) is 0 Å². The van der Waals surface area contributed by atoms with E-state index >= 15 is 0 Å². The Kier molecular flexibility index (Phi) is 3.47. The van der Waals surface area contributed by atoms with Crippen LogP contribution in [0.1, 0.15) is 18.1 Å². The number of benzene rings is 1. The minimum Gasteiger partial charge on any atom is -0.476 e. The van der Waals surface area contributed by atoms with Crippen molar-refractivity contribution in [3.63, 3.8) is 0 Å². The summed E-state index contributed by atoms with van der Waals surface area (Å²) in [6.45, 7) is 4.13. The molecule has 0 radical (unpaired) electrons. The molecule has 1 aliphatic rings.